The van der Waals surface area contributed by atoms with Crippen LogP contribution in [0.3, 0.4) is 0 Å². The Morgan fingerprint density at radius 2 is 0.836 bits per heavy atom. The molecule has 0 aliphatic rings. The second-order valence-corrected chi connectivity index (χ2v) is 14.9. The number of allylic oxidation sites excluding steroid dienone is 6. The van der Waals surface area contributed by atoms with Gasteiger partial charge >= 0.3 is 0 Å². The molecule has 2 heteroatoms. The highest BCUT2D eigenvalue weighted by molar-refractivity contribution is 6.26. The maximum Gasteiger partial charge on any atom is 0.0468 e. The molecule has 61 heavy (non-hydrogen) atoms. The fraction of sp³-hybridized carbons (Fsp3) is 0.0508. The van der Waals surface area contributed by atoms with E-state index in [4.69, 9.17) is 0 Å². The van der Waals surface area contributed by atoms with Crippen molar-refractivity contribution in [3.8, 4) is 0 Å². The SMILES string of the molecule is C=C/C=C(\C=C)N(c1ccc(/C=C/c2ccccc2)cc1)c1ccc2c3ccc(N(C(/C=C\C)=C/CC)c4ccc(/C=C/c5ccccc5)cc4)cc3c3ccccc3c2c1. The summed E-state index contributed by atoms with van der Waals surface area (Å²) in [5.41, 5.74) is 11.0. The minimum Gasteiger partial charge on any atom is -0.311 e. The Labute approximate surface area is 361 Å². The van der Waals surface area contributed by atoms with Gasteiger partial charge in [-0.25, -0.2) is 0 Å². The number of fused-ring (bicyclic) bond motifs is 6. The Balaban J connectivity index is 1.22. The molecule has 0 saturated carbocycles. The lowest BCUT2D eigenvalue weighted by molar-refractivity contribution is 1.13. The molecule has 296 valence electrons. The van der Waals surface area contributed by atoms with Crippen molar-refractivity contribution in [1.29, 1.82) is 0 Å². The molecule has 0 unspecified atom stereocenters. The molecule has 0 bridgehead atoms. The molecule has 0 aromatic heterocycles. The highest BCUT2D eigenvalue weighted by Crippen LogP contribution is 2.42. The van der Waals surface area contributed by atoms with Crippen molar-refractivity contribution in [2.45, 2.75) is 20.3 Å². The molecule has 0 aliphatic heterocycles. The van der Waals surface area contributed by atoms with Crippen LogP contribution in [0.1, 0.15) is 42.5 Å². The van der Waals surface area contributed by atoms with Crippen LogP contribution in [-0.4, -0.2) is 0 Å². The largest absolute Gasteiger partial charge is 0.311 e. The molecule has 0 amide bonds. The minimum atomic E-state index is 0.916. The Kier molecular flexibility index (Phi) is 12.4. The molecule has 0 N–H and O–H groups in total. The van der Waals surface area contributed by atoms with Crippen LogP contribution in [0.2, 0.25) is 0 Å². The Morgan fingerprint density at radius 3 is 1.25 bits per heavy atom. The monoisotopic (exact) mass is 786 g/mol. The van der Waals surface area contributed by atoms with Gasteiger partial charge in [-0.15, -0.1) is 0 Å². The van der Waals surface area contributed by atoms with E-state index in [1.807, 2.05) is 30.4 Å². The first-order valence-corrected chi connectivity index (χ1v) is 21.0. The van der Waals surface area contributed by atoms with Crippen molar-refractivity contribution in [2.24, 2.45) is 0 Å². The zero-order chi connectivity index (χ0) is 42.0. The zero-order valence-corrected chi connectivity index (χ0v) is 35.0. The number of nitrogens with zero attached hydrogens (tertiary/aromatic N) is 2. The highest BCUT2D eigenvalue weighted by atomic mass is 15.2. The van der Waals surface area contributed by atoms with E-state index in [1.54, 1.807) is 0 Å². The quantitative estimate of drug-likeness (QED) is 0.0615. The lowest BCUT2D eigenvalue weighted by atomic mass is 9.93. The third-order valence-electron chi connectivity index (χ3n) is 10.9. The molecule has 0 heterocycles. The first-order valence-electron chi connectivity index (χ1n) is 21.0. The summed E-state index contributed by atoms with van der Waals surface area (Å²) in [5.74, 6) is 0. The number of rotatable bonds is 14. The predicted octanol–water partition coefficient (Wildman–Crippen LogP) is 16.9. The van der Waals surface area contributed by atoms with Crippen molar-refractivity contribution < 1.29 is 0 Å². The maximum atomic E-state index is 4.20. The van der Waals surface area contributed by atoms with Crippen molar-refractivity contribution in [2.75, 3.05) is 9.80 Å². The first-order chi connectivity index (χ1) is 30.1. The molecule has 8 rings (SSSR count). The molecule has 0 aliphatic carbocycles. The van der Waals surface area contributed by atoms with E-state index < -0.39 is 0 Å². The van der Waals surface area contributed by atoms with Gasteiger partial charge < -0.3 is 9.80 Å². The van der Waals surface area contributed by atoms with E-state index in [-0.39, 0.29) is 0 Å². The van der Waals surface area contributed by atoms with Crippen LogP contribution in [0.5, 0.6) is 0 Å². The minimum absolute atomic E-state index is 0.916. The third kappa shape index (κ3) is 8.85. The topological polar surface area (TPSA) is 6.48 Å². The molecule has 2 nitrogen and oxygen atoms in total. The van der Waals surface area contributed by atoms with E-state index in [0.29, 0.717) is 0 Å². The van der Waals surface area contributed by atoms with Gasteiger partial charge in [-0.3, -0.25) is 0 Å². The van der Waals surface area contributed by atoms with Crippen LogP contribution in [0, 0.1) is 0 Å². The fourth-order valence-corrected chi connectivity index (χ4v) is 8.06. The number of hydrogen-bond acceptors (Lipinski definition) is 2. The second-order valence-electron chi connectivity index (χ2n) is 14.9. The molecule has 0 saturated heterocycles. The van der Waals surface area contributed by atoms with Gasteiger partial charge in [0.25, 0.3) is 0 Å². The second kappa shape index (κ2) is 18.9. The fourth-order valence-electron chi connectivity index (χ4n) is 8.06. The predicted molar refractivity (Wildman–Crippen MR) is 269 cm³/mol. The Morgan fingerprint density at radius 1 is 0.443 bits per heavy atom. The number of anilines is 4. The average Bonchev–Trinajstić information content (AvgIpc) is 3.31. The smallest absolute Gasteiger partial charge is 0.0468 e. The van der Waals surface area contributed by atoms with E-state index in [0.717, 1.165) is 51.7 Å². The van der Waals surface area contributed by atoms with Crippen molar-refractivity contribution in [1.82, 2.24) is 0 Å². The highest BCUT2D eigenvalue weighted by Gasteiger charge is 2.18. The summed E-state index contributed by atoms with van der Waals surface area (Å²) in [5, 5.41) is 7.24. The lowest BCUT2D eigenvalue weighted by Gasteiger charge is -2.28. The lowest BCUT2D eigenvalue weighted by Crippen LogP contribution is -2.15. The van der Waals surface area contributed by atoms with Crippen LogP contribution < -0.4 is 9.80 Å². The van der Waals surface area contributed by atoms with Gasteiger partial charge in [0.1, 0.15) is 0 Å². The van der Waals surface area contributed by atoms with E-state index in [9.17, 15) is 0 Å². The van der Waals surface area contributed by atoms with E-state index in [2.05, 4.69) is 237 Å². The van der Waals surface area contributed by atoms with Crippen molar-refractivity contribution in [3.05, 3.63) is 253 Å². The van der Waals surface area contributed by atoms with Crippen LogP contribution in [0.25, 0.3) is 56.6 Å². The van der Waals surface area contributed by atoms with Gasteiger partial charge in [0.05, 0.1) is 0 Å². The van der Waals surface area contributed by atoms with Gasteiger partial charge in [-0.1, -0.05) is 184 Å². The summed E-state index contributed by atoms with van der Waals surface area (Å²) in [7, 11) is 0. The van der Waals surface area contributed by atoms with Gasteiger partial charge in [0, 0.05) is 34.1 Å². The van der Waals surface area contributed by atoms with Crippen molar-refractivity contribution in [3.63, 3.8) is 0 Å². The Hall–Kier alpha value is -7.68. The van der Waals surface area contributed by atoms with Crippen molar-refractivity contribution >= 4 is 79.4 Å². The number of hydrogen-bond donors (Lipinski definition) is 0. The van der Waals surface area contributed by atoms with Gasteiger partial charge in [0.2, 0.25) is 0 Å². The average molecular weight is 787 g/mol. The maximum absolute atomic E-state index is 4.20. The summed E-state index contributed by atoms with van der Waals surface area (Å²) in [6, 6.07) is 60.9. The van der Waals surface area contributed by atoms with Crippen LogP contribution in [0.4, 0.5) is 22.7 Å². The summed E-state index contributed by atoms with van der Waals surface area (Å²) < 4.78 is 0. The molecule has 0 fully saturated rings. The summed E-state index contributed by atoms with van der Waals surface area (Å²) >= 11 is 0. The molecular weight excluding hydrogens is 737 g/mol. The molecule has 0 spiro atoms. The Bertz CT molecular complexity index is 2940. The van der Waals surface area contributed by atoms with Gasteiger partial charge in [-0.2, -0.15) is 0 Å². The molecule has 8 aromatic carbocycles. The van der Waals surface area contributed by atoms with Crippen LogP contribution in [0.15, 0.2) is 231 Å². The third-order valence-corrected chi connectivity index (χ3v) is 10.9. The molecule has 0 radical (unpaired) electrons. The molecule has 8 aromatic rings. The van der Waals surface area contributed by atoms with Crippen LogP contribution in [-0.2, 0) is 0 Å². The summed E-state index contributed by atoms with van der Waals surface area (Å²) in [4.78, 5) is 4.63. The van der Waals surface area contributed by atoms with Gasteiger partial charge in [-0.05, 0) is 135 Å². The normalized spacial score (nSPS) is 12.3. The standard InChI is InChI=1S/C59H50N2/c1-5-17-48(8-4)60(50-34-30-46(31-35-50)28-26-44-20-11-9-12-21-44)52-38-40-56-57-41-39-53(43-59(57)55-25-16-15-24-54(55)58(56)42-52)61(49(18-6-2)19-7-3)51-36-32-47(33-37-51)29-27-45-22-13-10-14-23-45/h5-6,8-43H,1,4,7H2,2-3H3/b18-6-,28-26+,29-27+,48-17+,49-19+. The summed E-state index contributed by atoms with van der Waals surface area (Å²) in [6.45, 7) is 12.5. The van der Waals surface area contributed by atoms with Gasteiger partial charge in [0.15, 0.2) is 0 Å². The molecule has 0 atom stereocenters. The van der Waals surface area contributed by atoms with Crippen LogP contribution >= 0.6 is 0 Å². The first kappa shape index (κ1) is 40.1. The zero-order valence-electron chi connectivity index (χ0n) is 35.0. The molecular formula is C59H50N2. The summed E-state index contributed by atoms with van der Waals surface area (Å²) in [6.07, 6.45) is 21.9. The number of benzene rings is 8. The van der Waals surface area contributed by atoms with E-state index in [1.165, 1.54) is 43.4 Å². The van der Waals surface area contributed by atoms with E-state index >= 15 is 0 Å².